The van der Waals surface area contributed by atoms with Crippen molar-refractivity contribution in [3.8, 4) is 17.2 Å². The van der Waals surface area contributed by atoms with Crippen LogP contribution in [0, 0.1) is 0 Å². The molecule has 1 amide bonds. The Kier molecular flexibility index (Phi) is 5.96. The SMILES string of the molecule is COc1ccc(C(=O)NCc2ccc3c(c2)CCCO3)c(OCCN)c1. The van der Waals surface area contributed by atoms with E-state index in [0.29, 0.717) is 36.8 Å². The number of amides is 1. The minimum Gasteiger partial charge on any atom is -0.497 e. The van der Waals surface area contributed by atoms with Crippen LogP contribution >= 0.6 is 0 Å². The highest BCUT2D eigenvalue weighted by Crippen LogP contribution is 2.26. The van der Waals surface area contributed by atoms with E-state index in [1.807, 2.05) is 12.1 Å². The lowest BCUT2D eigenvalue weighted by Gasteiger charge is -2.18. The van der Waals surface area contributed by atoms with E-state index in [0.717, 1.165) is 30.8 Å². The molecule has 2 aromatic rings. The van der Waals surface area contributed by atoms with Crippen molar-refractivity contribution < 1.29 is 19.0 Å². The molecule has 1 aliphatic rings. The topological polar surface area (TPSA) is 82.8 Å². The largest absolute Gasteiger partial charge is 0.497 e. The fourth-order valence-corrected chi connectivity index (χ4v) is 2.91. The van der Waals surface area contributed by atoms with E-state index in [9.17, 15) is 4.79 Å². The first-order valence-electron chi connectivity index (χ1n) is 8.75. The standard InChI is InChI=1S/C20H24N2O4/c1-24-16-5-6-17(19(12-16)26-10-8-21)20(23)22-13-14-4-7-18-15(11-14)3-2-9-25-18/h4-7,11-12H,2-3,8-10,13,21H2,1H3,(H,22,23). The third-order valence-electron chi connectivity index (χ3n) is 4.23. The molecule has 138 valence electrons. The first-order valence-corrected chi connectivity index (χ1v) is 8.75. The maximum Gasteiger partial charge on any atom is 0.255 e. The number of methoxy groups -OCH3 is 1. The van der Waals surface area contributed by atoms with Gasteiger partial charge in [-0.3, -0.25) is 4.79 Å². The zero-order valence-corrected chi connectivity index (χ0v) is 14.9. The summed E-state index contributed by atoms with van der Waals surface area (Å²) in [5.74, 6) is 1.84. The van der Waals surface area contributed by atoms with Gasteiger partial charge < -0.3 is 25.3 Å². The normalized spacial score (nSPS) is 12.7. The predicted molar refractivity (Wildman–Crippen MR) is 99.0 cm³/mol. The third-order valence-corrected chi connectivity index (χ3v) is 4.23. The second-order valence-electron chi connectivity index (χ2n) is 6.08. The molecule has 26 heavy (non-hydrogen) atoms. The second kappa shape index (κ2) is 8.58. The number of carbonyl (C=O) groups is 1. The van der Waals surface area contributed by atoms with Gasteiger partial charge in [0, 0.05) is 19.2 Å². The first kappa shape index (κ1) is 18.1. The van der Waals surface area contributed by atoms with E-state index < -0.39 is 0 Å². The molecule has 0 spiro atoms. The van der Waals surface area contributed by atoms with E-state index in [4.69, 9.17) is 19.9 Å². The molecule has 1 aliphatic heterocycles. The molecule has 6 heteroatoms. The first-order chi connectivity index (χ1) is 12.7. The second-order valence-corrected chi connectivity index (χ2v) is 6.08. The summed E-state index contributed by atoms with van der Waals surface area (Å²) in [7, 11) is 1.57. The number of carbonyl (C=O) groups excluding carboxylic acids is 1. The van der Waals surface area contributed by atoms with Crippen LogP contribution in [-0.2, 0) is 13.0 Å². The van der Waals surface area contributed by atoms with Crippen LogP contribution in [0.2, 0.25) is 0 Å². The quantitative estimate of drug-likeness (QED) is 0.795. The average molecular weight is 356 g/mol. The summed E-state index contributed by atoms with van der Waals surface area (Å²) in [6.45, 7) is 1.91. The highest BCUT2D eigenvalue weighted by molar-refractivity contribution is 5.97. The number of rotatable bonds is 7. The fourth-order valence-electron chi connectivity index (χ4n) is 2.91. The number of fused-ring (bicyclic) bond motifs is 1. The lowest BCUT2D eigenvalue weighted by molar-refractivity contribution is 0.0947. The monoisotopic (exact) mass is 356 g/mol. The molecule has 0 aromatic heterocycles. The van der Waals surface area contributed by atoms with Crippen molar-refractivity contribution in [1.29, 1.82) is 0 Å². The highest BCUT2D eigenvalue weighted by Gasteiger charge is 2.15. The Morgan fingerprint density at radius 3 is 2.96 bits per heavy atom. The summed E-state index contributed by atoms with van der Waals surface area (Å²) in [4.78, 5) is 12.6. The van der Waals surface area contributed by atoms with Crippen molar-refractivity contribution >= 4 is 5.91 Å². The number of hydrogen-bond donors (Lipinski definition) is 2. The molecule has 1 heterocycles. The Hall–Kier alpha value is -2.73. The number of nitrogens with one attached hydrogen (secondary N) is 1. The van der Waals surface area contributed by atoms with Gasteiger partial charge in [0.2, 0.25) is 0 Å². The van der Waals surface area contributed by atoms with Gasteiger partial charge in [0.15, 0.2) is 0 Å². The fraction of sp³-hybridized carbons (Fsp3) is 0.350. The van der Waals surface area contributed by atoms with Gasteiger partial charge in [-0.05, 0) is 42.2 Å². The number of hydrogen-bond acceptors (Lipinski definition) is 5. The van der Waals surface area contributed by atoms with Crippen molar-refractivity contribution in [1.82, 2.24) is 5.32 Å². The van der Waals surface area contributed by atoms with Crippen LogP contribution in [-0.4, -0.2) is 32.8 Å². The molecule has 6 nitrogen and oxygen atoms in total. The molecule has 0 saturated heterocycles. The Bertz CT molecular complexity index is 776. The summed E-state index contributed by atoms with van der Waals surface area (Å²) in [6, 6.07) is 11.2. The number of benzene rings is 2. The van der Waals surface area contributed by atoms with Gasteiger partial charge >= 0.3 is 0 Å². The minimum absolute atomic E-state index is 0.200. The Morgan fingerprint density at radius 2 is 2.15 bits per heavy atom. The molecule has 0 atom stereocenters. The minimum atomic E-state index is -0.200. The molecule has 0 fully saturated rings. The van der Waals surface area contributed by atoms with Crippen LogP contribution in [0.25, 0.3) is 0 Å². The van der Waals surface area contributed by atoms with E-state index in [-0.39, 0.29) is 5.91 Å². The molecule has 3 N–H and O–H groups in total. The molecule has 0 unspecified atom stereocenters. The molecule has 0 aliphatic carbocycles. The van der Waals surface area contributed by atoms with Crippen LogP contribution in [0.15, 0.2) is 36.4 Å². The van der Waals surface area contributed by atoms with Crippen LogP contribution in [0.3, 0.4) is 0 Å². The smallest absolute Gasteiger partial charge is 0.255 e. The summed E-state index contributed by atoms with van der Waals surface area (Å²) < 4.78 is 16.4. The Morgan fingerprint density at radius 1 is 1.27 bits per heavy atom. The average Bonchev–Trinajstić information content (AvgIpc) is 2.70. The summed E-state index contributed by atoms with van der Waals surface area (Å²) >= 11 is 0. The summed E-state index contributed by atoms with van der Waals surface area (Å²) in [5, 5.41) is 2.94. The van der Waals surface area contributed by atoms with Gasteiger partial charge in [-0.2, -0.15) is 0 Å². The van der Waals surface area contributed by atoms with E-state index >= 15 is 0 Å². The van der Waals surface area contributed by atoms with E-state index in [1.54, 1.807) is 25.3 Å². The Labute approximate surface area is 153 Å². The maximum atomic E-state index is 12.6. The third kappa shape index (κ3) is 4.26. The van der Waals surface area contributed by atoms with E-state index in [2.05, 4.69) is 11.4 Å². The highest BCUT2D eigenvalue weighted by atomic mass is 16.5. The lowest BCUT2D eigenvalue weighted by atomic mass is 10.0. The summed E-state index contributed by atoms with van der Waals surface area (Å²) in [6.07, 6.45) is 2.03. The van der Waals surface area contributed by atoms with Gasteiger partial charge in [-0.1, -0.05) is 12.1 Å². The summed E-state index contributed by atoms with van der Waals surface area (Å²) in [5.41, 5.74) is 8.19. The number of aryl methyl sites for hydroxylation is 1. The van der Waals surface area contributed by atoms with Crippen molar-refractivity contribution in [2.75, 3.05) is 26.9 Å². The van der Waals surface area contributed by atoms with Crippen molar-refractivity contribution in [3.05, 3.63) is 53.1 Å². The van der Waals surface area contributed by atoms with Gasteiger partial charge in [0.1, 0.15) is 23.9 Å². The van der Waals surface area contributed by atoms with Gasteiger partial charge in [0.05, 0.1) is 19.3 Å². The van der Waals surface area contributed by atoms with Gasteiger partial charge in [-0.25, -0.2) is 0 Å². The molecule has 3 rings (SSSR count). The van der Waals surface area contributed by atoms with Crippen molar-refractivity contribution in [2.45, 2.75) is 19.4 Å². The Balaban J connectivity index is 1.69. The molecular formula is C20H24N2O4. The lowest BCUT2D eigenvalue weighted by Crippen LogP contribution is -2.24. The van der Waals surface area contributed by atoms with Gasteiger partial charge in [0.25, 0.3) is 5.91 Å². The zero-order valence-electron chi connectivity index (χ0n) is 14.9. The zero-order chi connectivity index (χ0) is 18.4. The predicted octanol–water partition coefficient (Wildman–Crippen LogP) is 2.29. The number of nitrogens with two attached hydrogens (primary N) is 1. The van der Waals surface area contributed by atoms with Gasteiger partial charge in [-0.15, -0.1) is 0 Å². The molecule has 0 bridgehead atoms. The van der Waals surface area contributed by atoms with Crippen LogP contribution in [0.5, 0.6) is 17.2 Å². The molecule has 0 saturated carbocycles. The van der Waals surface area contributed by atoms with Crippen LogP contribution < -0.4 is 25.3 Å². The maximum absolute atomic E-state index is 12.6. The molecule has 0 radical (unpaired) electrons. The van der Waals surface area contributed by atoms with Crippen molar-refractivity contribution in [2.24, 2.45) is 5.73 Å². The molecule has 2 aromatic carbocycles. The van der Waals surface area contributed by atoms with Crippen molar-refractivity contribution in [3.63, 3.8) is 0 Å². The van der Waals surface area contributed by atoms with Crippen LogP contribution in [0.1, 0.15) is 27.9 Å². The van der Waals surface area contributed by atoms with E-state index in [1.165, 1.54) is 5.56 Å². The van der Waals surface area contributed by atoms with Crippen LogP contribution in [0.4, 0.5) is 0 Å². The molecular weight excluding hydrogens is 332 g/mol. The number of ether oxygens (including phenoxy) is 3.